The molecular weight excluding hydrogens is 308 g/mol. The van der Waals surface area contributed by atoms with Gasteiger partial charge in [0.2, 0.25) is 0 Å². The van der Waals surface area contributed by atoms with Crippen molar-refractivity contribution in [3.05, 3.63) is 47.5 Å². The van der Waals surface area contributed by atoms with E-state index < -0.39 is 0 Å². The van der Waals surface area contributed by atoms with Crippen molar-refractivity contribution in [3.63, 3.8) is 0 Å². The van der Waals surface area contributed by atoms with Gasteiger partial charge in [0, 0.05) is 18.1 Å². The molecule has 2 aromatic rings. The Morgan fingerprint density at radius 2 is 1.79 bits per heavy atom. The van der Waals surface area contributed by atoms with E-state index in [9.17, 15) is 5.11 Å². The summed E-state index contributed by atoms with van der Waals surface area (Å²) < 4.78 is 15.7. The van der Waals surface area contributed by atoms with Crippen LogP contribution in [0.15, 0.2) is 41.5 Å². The van der Waals surface area contributed by atoms with E-state index in [4.69, 9.17) is 14.2 Å². The molecule has 0 saturated heterocycles. The molecule has 0 saturated carbocycles. The summed E-state index contributed by atoms with van der Waals surface area (Å²) in [5.41, 5.74) is 5.66. The SMILES string of the molecule is COc1ccc(C2=NN[C@H](c3ccc(OC)c(OC)c3)C2)c(O)c1. The van der Waals surface area contributed by atoms with Crippen LogP contribution < -0.4 is 19.6 Å². The molecule has 1 aliphatic heterocycles. The van der Waals surface area contributed by atoms with Crippen molar-refractivity contribution in [2.24, 2.45) is 5.10 Å². The van der Waals surface area contributed by atoms with Crippen LogP contribution in [0, 0.1) is 0 Å². The first-order valence-electron chi connectivity index (χ1n) is 7.57. The molecule has 0 fully saturated rings. The molecule has 0 unspecified atom stereocenters. The normalized spacial score (nSPS) is 16.3. The highest BCUT2D eigenvalue weighted by Crippen LogP contribution is 2.34. The molecule has 1 heterocycles. The third-order valence-corrected chi connectivity index (χ3v) is 4.08. The minimum Gasteiger partial charge on any atom is -0.507 e. The molecule has 3 rings (SSSR count). The summed E-state index contributed by atoms with van der Waals surface area (Å²) in [6.07, 6.45) is 0.662. The Hall–Kier alpha value is -2.89. The molecule has 0 aromatic heterocycles. The lowest BCUT2D eigenvalue weighted by Gasteiger charge is -2.14. The Balaban J connectivity index is 1.80. The number of phenols is 1. The van der Waals surface area contributed by atoms with Gasteiger partial charge in [-0.3, -0.25) is 0 Å². The van der Waals surface area contributed by atoms with Crippen LogP contribution in [-0.2, 0) is 0 Å². The molecule has 0 aliphatic carbocycles. The van der Waals surface area contributed by atoms with Crippen LogP contribution in [0.5, 0.6) is 23.0 Å². The Bertz CT molecular complexity index is 774. The number of phenolic OH excluding ortho intramolecular Hbond substituents is 1. The number of rotatable bonds is 5. The van der Waals surface area contributed by atoms with Gasteiger partial charge in [0.25, 0.3) is 0 Å². The number of hydrogen-bond donors (Lipinski definition) is 2. The number of nitrogens with one attached hydrogen (secondary N) is 1. The smallest absolute Gasteiger partial charge is 0.161 e. The van der Waals surface area contributed by atoms with Gasteiger partial charge >= 0.3 is 0 Å². The molecule has 1 aliphatic rings. The van der Waals surface area contributed by atoms with Gasteiger partial charge < -0.3 is 24.7 Å². The van der Waals surface area contributed by atoms with Crippen molar-refractivity contribution in [1.29, 1.82) is 0 Å². The molecule has 6 nitrogen and oxygen atoms in total. The largest absolute Gasteiger partial charge is 0.507 e. The van der Waals surface area contributed by atoms with Crippen LogP contribution in [0.1, 0.15) is 23.6 Å². The van der Waals surface area contributed by atoms with Crippen molar-refractivity contribution >= 4 is 5.71 Å². The fraction of sp³-hybridized carbons (Fsp3) is 0.278. The second kappa shape index (κ2) is 6.70. The summed E-state index contributed by atoms with van der Waals surface area (Å²) in [7, 11) is 4.79. The van der Waals surface area contributed by atoms with Crippen LogP contribution in [0.3, 0.4) is 0 Å². The number of methoxy groups -OCH3 is 3. The summed E-state index contributed by atoms with van der Waals surface area (Å²) in [4.78, 5) is 0. The molecule has 0 spiro atoms. The highest BCUT2D eigenvalue weighted by atomic mass is 16.5. The lowest BCUT2D eigenvalue weighted by molar-refractivity contribution is 0.354. The molecule has 126 valence electrons. The Kier molecular flexibility index (Phi) is 4.46. The standard InChI is InChI=1S/C18H20N2O4/c1-22-12-5-6-13(16(21)9-12)15-10-14(19-20-15)11-4-7-17(23-2)18(8-11)24-3/h4-9,14,19,21H,10H2,1-3H3/t14-/m0/s1. The van der Waals surface area contributed by atoms with Gasteiger partial charge in [-0.1, -0.05) is 6.07 Å². The van der Waals surface area contributed by atoms with Crippen LogP contribution in [0.2, 0.25) is 0 Å². The van der Waals surface area contributed by atoms with E-state index in [1.807, 2.05) is 24.3 Å². The summed E-state index contributed by atoms with van der Waals surface area (Å²) in [6, 6.07) is 11.0. The van der Waals surface area contributed by atoms with Gasteiger partial charge in [0.15, 0.2) is 11.5 Å². The van der Waals surface area contributed by atoms with Crippen molar-refractivity contribution in [2.45, 2.75) is 12.5 Å². The molecule has 0 bridgehead atoms. The second-order valence-corrected chi connectivity index (χ2v) is 5.44. The number of benzene rings is 2. The number of hydrazone groups is 1. The summed E-state index contributed by atoms with van der Waals surface area (Å²) in [6.45, 7) is 0. The molecule has 6 heteroatoms. The average molecular weight is 328 g/mol. The van der Waals surface area contributed by atoms with E-state index in [-0.39, 0.29) is 11.8 Å². The van der Waals surface area contributed by atoms with Gasteiger partial charge in [-0.15, -0.1) is 0 Å². The zero-order valence-electron chi connectivity index (χ0n) is 13.9. The molecule has 0 amide bonds. The summed E-state index contributed by atoms with van der Waals surface area (Å²) >= 11 is 0. The Morgan fingerprint density at radius 1 is 1.00 bits per heavy atom. The van der Waals surface area contributed by atoms with Gasteiger partial charge in [-0.2, -0.15) is 5.10 Å². The van der Waals surface area contributed by atoms with Gasteiger partial charge in [-0.25, -0.2) is 0 Å². The van der Waals surface area contributed by atoms with Crippen molar-refractivity contribution in [1.82, 2.24) is 5.43 Å². The van der Waals surface area contributed by atoms with Gasteiger partial charge in [0.05, 0.1) is 33.1 Å². The molecular formula is C18H20N2O4. The zero-order valence-corrected chi connectivity index (χ0v) is 13.9. The average Bonchev–Trinajstić information content (AvgIpc) is 3.10. The Morgan fingerprint density at radius 3 is 2.46 bits per heavy atom. The van der Waals surface area contributed by atoms with Crippen LogP contribution in [0.25, 0.3) is 0 Å². The summed E-state index contributed by atoms with van der Waals surface area (Å²) in [5, 5.41) is 14.5. The molecule has 2 aromatic carbocycles. The highest BCUT2D eigenvalue weighted by Gasteiger charge is 2.24. The number of ether oxygens (including phenoxy) is 3. The number of aromatic hydroxyl groups is 1. The first kappa shape index (κ1) is 16.0. The fourth-order valence-corrected chi connectivity index (χ4v) is 2.76. The van der Waals surface area contributed by atoms with Gasteiger partial charge in [0.1, 0.15) is 11.5 Å². The maximum atomic E-state index is 10.2. The van der Waals surface area contributed by atoms with E-state index in [2.05, 4.69) is 10.5 Å². The highest BCUT2D eigenvalue weighted by molar-refractivity contribution is 6.04. The van der Waals surface area contributed by atoms with Crippen molar-refractivity contribution in [2.75, 3.05) is 21.3 Å². The zero-order chi connectivity index (χ0) is 17.1. The van der Waals surface area contributed by atoms with Crippen molar-refractivity contribution < 1.29 is 19.3 Å². The predicted octanol–water partition coefficient (Wildman–Crippen LogP) is 2.86. The third-order valence-electron chi connectivity index (χ3n) is 4.08. The van der Waals surface area contributed by atoms with E-state index >= 15 is 0 Å². The van der Waals surface area contributed by atoms with Gasteiger partial charge in [-0.05, 0) is 29.8 Å². The molecule has 0 radical (unpaired) electrons. The third kappa shape index (κ3) is 2.95. The topological polar surface area (TPSA) is 72.3 Å². The first-order chi connectivity index (χ1) is 11.7. The van der Waals surface area contributed by atoms with E-state index in [1.165, 1.54) is 0 Å². The quantitative estimate of drug-likeness (QED) is 0.883. The van der Waals surface area contributed by atoms with E-state index in [0.717, 1.165) is 11.3 Å². The van der Waals surface area contributed by atoms with Crippen LogP contribution in [-0.4, -0.2) is 32.1 Å². The van der Waals surface area contributed by atoms with Crippen LogP contribution in [0.4, 0.5) is 0 Å². The maximum Gasteiger partial charge on any atom is 0.161 e. The maximum absolute atomic E-state index is 10.2. The van der Waals surface area contributed by atoms with Crippen LogP contribution >= 0.6 is 0 Å². The lowest BCUT2D eigenvalue weighted by atomic mass is 9.98. The molecule has 24 heavy (non-hydrogen) atoms. The minimum atomic E-state index is 0.0151. The van der Waals surface area contributed by atoms with E-state index in [1.54, 1.807) is 33.5 Å². The number of hydrogen-bond acceptors (Lipinski definition) is 6. The predicted molar refractivity (Wildman–Crippen MR) is 91.2 cm³/mol. The fourth-order valence-electron chi connectivity index (χ4n) is 2.76. The number of nitrogens with zero attached hydrogens (tertiary/aromatic N) is 1. The van der Waals surface area contributed by atoms with Crippen molar-refractivity contribution in [3.8, 4) is 23.0 Å². The first-order valence-corrected chi connectivity index (χ1v) is 7.57. The lowest BCUT2D eigenvalue weighted by Crippen LogP contribution is -2.10. The Labute approximate surface area is 140 Å². The second-order valence-electron chi connectivity index (χ2n) is 5.44. The van der Waals surface area contributed by atoms with E-state index in [0.29, 0.717) is 29.2 Å². The molecule has 2 N–H and O–H groups in total. The molecule has 1 atom stereocenters. The minimum absolute atomic E-state index is 0.0151. The monoisotopic (exact) mass is 328 g/mol. The summed E-state index contributed by atoms with van der Waals surface area (Å²) in [5.74, 6) is 2.13.